The normalized spacial score (nSPS) is 18.1. The third kappa shape index (κ3) is 3.26. The van der Waals surface area contributed by atoms with Crippen LogP contribution in [0, 0.1) is 12.8 Å². The largest absolute Gasteiger partial charge is 0.477 e. The Bertz CT molecular complexity index is 1000. The van der Waals surface area contributed by atoms with Crippen molar-refractivity contribution in [2.24, 2.45) is 5.92 Å². The third-order valence-electron chi connectivity index (χ3n) is 6.21. The van der Waals surface area contributed by atoms with E-state index in [0.29, 0.717) is 50.8 Å². The number of anilines is 1. The number of hydrogen-bond donors (Lipinski definition) is 0. The molecule has 1 amide bonds. The number of alkyl halides is 3. The van der Waals surface area contributed by atoms with Gasteiger partial charge in [-0.15, -0.1) is 0 Å². The number of amides is 1. The molecule has 3 aliphatic heterocycles. The molecule has 9 heteroatoms. The Morgan fingerprint density at radius 1 is 1.23 bits per heavy atom. The minimum Gasteiger partial charge on any atom is -0.477 e. The molecule has 1 saturated heterocycles. The molecule has 1 fully saturated rings. The zero-order valence-corrected chi connectivity index (χ0v) is 16.5. The fraction of sp³-hybridized carbons (Fsp3) is 0.476. The molecule has 0 saturated carbocycles. The van der Waals surface area contributed by atoms with Crippen LogP contribution in [0.1, 0.15) is 34.5 Å². The molecule has 2 aromatic heterocycles. The maximum atomic E-state index is 12.8. The number of pyridine rings is 2. The molecule has 30 heavy (non-hydrogen) atoms. The van der Waals surface area contributed by atoms with Gasteiger partial charge in [-0.25, -0.2) is 9.97 Å². The molecule has 0 spiro atoms. The van der Waals surface area contributed by atoms with Gasteiger partial charge in [-0.3, -0.25) is 4.79 Å². The van der Waals surface area contributed by atoms with E-state index in [1.165, 1.54) is 17.8 Å². The predicted octanol–water partition coefficient (Wildman–Crippen LogP) is 3.11. The van der Waals surface area contributed by atoms with Crippen molar-refractivity contribution in [2.75, 3.05) is 24.6 Å². The lowest BCUT2D eigenvalue weighted by molar-refractivity contribution is -0.141. The maximum absolute atomic E-state index is 12.8. The van der Waals surface area contributed by atoms with Gasteiger partial charge in [0.2, 0.25) is 11.8 Å². The zero-order valence-electron chi connectivity index (χ0n) is 16.5. The van der Waals surface area contributed by atoms with Crippen molar-refractivity contribution in [3.05, 3.63) is 46.4 Å². The Morgan fingerprint density at radius 3 is 2.73 bits per heavy atom. The number of aromatic nitrogens is 2. The second kappa shape index (κ2) is 6.85. The number of carbonyl (C=O) groups is 1. The van der Waals surface area contributed by atoms with E-state index in [1.54, 1.807) is 0 Å². The van der Waals surface area contributed by atoms with Crippen molar-refractivity contribution in [1.29, 1.82) is 0 Å². The molecule has 0 atom stereocenters. The van der Waals surface area contributed by atoms with Crippen LogP contribution in [0.15, 0.2) is 18.3 Å². The molecule has 0 bridgehead atoms. The van der Waals surface area contributed by atoms with Crippen molar-refractivity contribution in [3.63, 3.8) is 0 Å². The Balaban J connectivity index is 1.17. The van der Waals surface area contributed by atoms with Gasteiger partial charge in [0.25, 0.3) is 0 Å². The highest BCUT2D eigenvalue weighted by Crippen LogP contribution is 2.35. The second-order valence-corrected chi connectivity index (χ2v) is 8.17. The lowest BCUT2D eigenvalue weighted by Crippen LogP contribution is -2.48. The summed E-state index contributed by atoms with van der Waals surface area (Å²) in [5, 5.41) is 0. The summed E-state index contributed by atoms with van der Waals surface area (Å²) in [5.74, 6) is 0.981. The van der Waals surface area contributed by atoms with Gasteiger partial charge < -0.3 is 14.5 Å². The number of hydrogen-bond acceptors (Lipinski definition) is 5. The highest BCUT2D eigenvalue weighted by Gasteiger charge is 2.35. The smallest absolute Gasteiger partial charge is 0.433 e. The lowest BCUT2D eigenvalue weighted by Gasteiger charge is -2.41. The lowest BCUT2D eigenvalue weighted by atomic mass is 9.95. The topological polar surface area (TPSA) is 58.6 Å². The molecule has 0 aromatic carbocycles. The number of carbonyl (C=O) groups excluding carboxylic acids is 1. The van der Waals surface area contributed by atoms with Crippen LogP contribution in [-0.4, -0.2) is 40.5 Å². The second-order valence-electron chi connectivity index (χ2n) is 8.17. The van der Waals surface area contributed by atoms with Gasteiger partial charge in [-0.05, 0) is 30.2 Å². The zero-order chi connectivity index (χ0) is 21.0. The fourth-order valence-electron chi connectivity index (χ4n) is 4.45. The first-order chi connectivity index (χ1) is 14.3. The van der Waals surface area contributed by atoms with Crippen LogP contribution in [0.4, 0.5) is 18.9 Å². The van der Waals surface area contributed by atoms with Crippen molar-refractivity contribution >= 4 is 11.6 Å². The van der Waals surface area contributed by atoms with Gasteiger partial charge in [0.1, 0.15) is 5.69 Å². The third-order valence-corrected chi connectivity index (χ3v) is 6.21. The molecule has 0 aliphatic carbocycles. The van der Waals surface area contributed by atoms with E-state index >= 15 is 0 Å². The van der Waals surface area contributed by atoms with Crippen LogP contribution in [0.5, 0.6) is 5.88 Å². The van der Waals surface area contributed by atoms with Gasteiger partial charge in [0.05, 0.1) is 30.7 Å². The average Bonchev–Trinajstić information content (AvgIpc) is 3.31. The fourth-order valence-corrected chi connectivity index (χ4v) is 4.45. The first kappa shape index (κ1) is 19.1. The van der Waals surface area contributed by atoms with E-state index < -0.39 is 11.9 Å². The monoisotopic (exact) mass is 418 g/mol. The number of rotatable bonds is 3. The first-order valence-electron chi connectivity index (χ1n) is 9.99. The SMILES string of the molecule is Cc1c2c(nc3c1CCO3)CN(C(=O)CC1CN(c3ccc(C(F)(F)F)nc3)C1)C2. The van der Waals surface area contributed by atoms with Crippen LogP contribution < -0.4 is 9.64 Å². The molecule has 0 N–H and O–H groups in total. The van der Waals surface area contributed by atoms with Crippen molar-refractivity contribution in [1.82, 2.24) is 14.9 Å². The van der Waals surface area contributed by atoms with E-state index in [0.717, 1.165) is 29.3 Å². The first-order valence-corrected chi connectivity index (χ1v) is 9.99. The summed E-state index contributed by atoms with van der Waals surface area (Å²) >= 11 is 0. The van der Waals surface area contributed by atoms with E-state index in [-0.39, 0.29) is 11.8 Å². The van der Waals surface area contributed by atoms with Crippen LogP contribution in [0.3, 0.4) is 0 Å². The van der Waals surface area contributed by atoms with Crippen LogP contribution in [0.2, 0.25) is 0 Å². The molecule has 0 radical (unpaired) electrons. The van der Waals surface area contributed by atoms with Crippen LogP contribution in [0.25, 0.3) is 0 Å². The quantitative estimate of drug-likeness (QED) is 0.767. The number of nitrogens with zero attached hydrogens (tertiary/aromatic N) is 4. The van der Waals surface area contributed by atoms with E-state index in [2.05, 4.69) is 16.9 Å². The van der Waals surface area contributed by atoms with E-state index in [4.69, 9.17) is 4.74 Å². The van der Waals surface area contributed by atoms with Gasteiger partial charge in [-0.1, -0.05) is 0 Å². The number of fused-ring (bicyclic) bond motifs is 2. The van der Waals surface area contributed by atoms with Crippen molar-refractivity contribution in [2.45, 2.75) is 39.0 Å². The molecular formula is C21H21F3N4O2. The Morgan fingerprint density at radius 2 is 2.03 bits per heavy atom. The highest BCUT2D eigenvalue weighted by molar-refractivity contribution is 5.78. The summed E-state index contributed by atoms with van der Waals surface area (Å²) in [4.78, 5) is 24.7. The molecule has 0 unspecified atom stereocenters. The minimum absolute atomic E-state index is 0.0867. The van der Waals surface area contributed by atoms with E-state index in [9.17, 15) is 18.0 Å². The molecule has 5 rings (SSSR count). The predicted molar refractivity (Wildman–Crippen MR) is 102 cm³/mol. The van der Waals surface area contributed by atoms with Crippen molar-refractivity contribution < 1.29 is 22.7 Å². The van der Waals surface area contributed by atoms with Gasteiger partial charge in [0.15, 0.2) is 0 Å². The van der Waals surface area contributed by atoms with Gasteiger partial charge >= 0.3 is 6.18 Å². The van der Waals surface area contributed by atoms with Crippen molar-refractivity contribution in [3.8, 4) is 5.88 Å². The molecular weight excluding hydrogens is 397 g/mol. The van der Waals surface area contributed by atoms with Gasteiger partial charge in [-0.2, -0.15) is 13.2 Å². The molecule has 2 aromatic rings. The van der Waals surface area contributed by atoms with E-state index in [1.807, 2.05) is 9.80 Å². The molecule has 6 nitrogen and oxygen atoms in total. The summed E-state index contributed by atoms with van der Waals surface area (Å²) in [5.41, 5.74) is 4.16. The summed E-state index contributed by atoms with van der Waals surface area (Å²) < 4.78 is 43.5. The Labute approximate surface area is 171 Å². The molecule has 158 valence electrons. The van der Waals surface area contributed by atoms with Crippen LogP contribution >= 0.6 is 0 Å². The summed E-state index contributed by atoms with van der Waals surface area (Å²) in [7, 11) is 0. The van der Waals surface area contributed by atoms with Crippen LogP contribution in [-0.2, 0) is 30.5 Å². The highest BCUT2D eigenvalue weighted by atomic mass is 19.4. The standard InChI is InChI=1S/C21H21F3N4O2/c1-12-15-4-5-30-20(15)26-17-11-28(10-16(12)17)19(29)6-13-8-27(9-13)14-2-3-18(25-7-14)21(22,23)24/h2-3,7,13H,4-6,8-11H2,1H3. The number of ether oxygens (including phenoxy) is 1. The molecule has 3 aliphatic rings. The Kier molecular flexibility index (Phi) is 4.37. The number of halogens is 3. The average molecular weight is 418 g/mol. The Hall–Kier alpha value is -2.84. The summed E-state index contributed by atoms with van der Waals surface area (Å²) in [6.45, 7) is 5.10. The van der Waals surface area contributed by atoms with Gasteiger partial charge in [0, 0.05) is 44.0 Å². The molecule has 5 heterocycles. The summed E-state index contributed by atoms with van der Waals surface area (Å²) in [6, 6.07) is 2.42. The maximum Gasteiger partial charge on any atom is 0.433 e. The summed E-state index contributed by atoms with van der Waals surface area (Å²) in [6.07, 6.45) is -1.90. The minimum atomic E-state index is -4.44.